The predicted octanol–water partition coefficient (Wildman–Crippen LogP) is 1.17. The van der Waals surface area contributed by atoms with E-state index >= 15 is 0 Å². The third-order valence-corrected chi connectivity index (χ3v) is 3.57. The molecule has 1 aromatic heterocycles. The summed E-state index contributed by atoms with van der Waals surface area (Å²) in [7, 11) is 1.95. The van der Waals surface area contributed by atoms with Gasteiger partial charge in [-0.2, -0.15) is 0 Å². The molecular formula is C13H19N3O. The average molecular weight is 233 g/mol. The number of aromatic nitrogens is 1. The van der Waals surface area contributed by atoms with Crippen molar-refractivity contribution in [1.82, 2.24) is 10.3 Å². The molecular weight excluding hydrogens is 214 g/mol. The second kappa shape index (κ2) is 4.63. The van der Waals surface area contributed by atoms with Crippen molar-refractivity contribution >= 4 is 5.69 Å². The number of anilines is 1. The second-order valence-corrected chi connectivity index (χ2v) is 4.90. The van der Waals surface area contributed by atoms with Gasteiger partial charge in [0.2, 0.25) is 0 Å². The number of pyridine rings is 1. The molecule has 0 aromatic carbocycles. The minimum absolute atomic E-state index is 0.440. The van der Waals surface area contributed by atoms with Gasteiger partial charge in [0.15, 0.2) is 0 Å². The molecule has 0 saturated carbocycles. The minimum atomic E-state index is 0.440. The summed E-state index contributed by atoms with van der Waals surface area (Å²) < 4.78 is 5.86. The molecule has 0 radical (unpaired) electrons. The molecule has 4 heteroatoms. The van der Waals surface area contributed by atoms with Crippen molar-refractivity contribution in [1.29, 1.82) is 0 Å². The van der Waals surface area contributed by atoms with Crippen LogP contribution in [-0.4, -0.2) is 37.3 Å². The Kier molecular flexibility index (Phi) is 2.99. The van der Waals surface area contributed by atoms with E-state index < -0.39 is 0 Å². The van der Waals surface area contributed by atoms with E-state index in [2.05, 4.69) is 27.3 Å². The van der Waals surface area contributed by atoms with E-state index in [9.17, 15) is 0 Å². The van der Waals surface area contributed by atoms with Crippen molar-refractivity contribution in [2.75, 3.05) is 25.0 Å². The molecule has 2 bridgehead atoms. The Balaban J connectivity index is 1.77. The summed E-state index contributed by atoms with van der Waals surface area (Å²) >= 11 is 0. The number of morpholine rings is 1. The highest BCUT2D eigenvalue weighted by molar-refractivity contribution is 5.47. The van der Waals surface area contributed by atoms with E-state index in [4.69, 9.17) is 4.74 Å². The Morgan fingerprint density at radius 3 is 2.88 bits per heavy atom. The highest BCUT2D eigenvalue weighted by Crippen LogP contribution is 2.29. The van der Waals surface area contributed by atoms with Gasteiger partial charge >= 0.3 is 0 Å². The van der Waals surface area contributed by atoms with Crippen LogP contribution in [0.25, 0.3) is 0 Å². The van der Waals surface area contributed by atoms with Crippen LogP contribution in [0.2, 0.25) is 0 Å². The molecule has 4 nitrogen and oxygen atoms in total. The van der Waals surface area contributed by atoms with Crippen molar-refractivity contribution < 1.29 is 4.74 Å². The van der Waals surface area contributed by atoms with Gasteiger partial charge in [-0.3, -0.25) is 4.98 Å². The number of nitrogens with zero attached hydrogens (tertiary/aromatic N) is 2. The maximum atomic E-state index is 5.86. The Hall–Kier alpha value is -1.13. The van der Waals surface area contributed by atoms with Gasteiger partial charge < -0.3 is 15.0 Å². The van der Waals surface area contributed by atoms with Crippen LogP contribution in [0.5, 0.6) is 0 Å². The molecule has 17 heavy (non-hydrogen) atoms. The first-order valence-electron chi connectivity index (χ1n) is 6.35. The number of nitrogens with one attached hydrogen (secondary N) is 1. The lowest BCUT2D eigenvalue weighted by atomic mass is 10.2. The minimum Gasteiger partial charge on any atom is -0.371 e. The number of ether oxygens (including phenoxy) is 1. The van der Waals surface area contributed by atoms with E-state index in [-0.39, 0.29) is 0 Å². The van der Waals surface area contributed by atoms with Gasteiger partial charge in [-0.1, -0.05) is 0 Å². The molecule has 3 heterocycles. The van der Waals surface area contributed by atoms with Gasteiger partial charge in [0.05, 0.1) is 17.9 Å². The van der Waals surface area contributed by atoms with Crippen LogP contribution in [0, 0.1) is 0 Å². The third-order valence-electron chi connectivity index (χ3n) is 3.57. The van der Waals surface area contributed by atoms with Gasteiger partial charge in [0.25, 0.3) is 0 Å². The molecule has 2 fully saturated rings. The van der Waals surface area contributed by atoms with Gasteiger partial charge in [-0.25, -0.2) is 0 Å². The van der Waals surface area contributed by atoms with Crippen molar-refractivity contribution in [3.63, 3.8) is 0 Å². The molecule has 92 valence electrons. The van der Waals surface area contributed by atoms with Crippen LogP contribution < -0.4 is 10.2 Å². The molecule has 0 aliphatic carbocycles. The Morgan fingerprint density at radius 1 is 1.41 bits per heavy atom. The highest BCUT2D eigenvalue weighted by Gasteiger charge is 2.33. The van der Waals surface area contributed by atoms with Gasteiger partial charge in [-0.05, 0) is 32.0 Å². The summed E-state index contributed by atoms with van der Waals surface area (Å²) in [5, 5.41) is 3.14. The lowest BCUT2D eigenvalue weighted by Gasteiger charge is -2.33. The Morgan fingerprint density at radius 2 is 2.18 bits per heavy atom. The zero-order chi connectivity index (χ0) is 11.7. The average Bonchev–Trinajstić information content (AvgIpc) is 2.69. The van der Waals surface area contributed by atoms with Crippen LogP contribution in [0.3, 0.4) is 0 Å². The molecule has 2 aliphatic rings. The number of fused-ring (bicyclic) bond motifs is 2. The van der Waals surface area contributed by atoms with E-state index in [1.165, 1.54) is 18.5 Å². The molecule has 2 saturated heterocycles. The lowest BCUT2D eigenvalue weighted by molar-refractivity contribution is 0.0305. The van der Waals surface area contributed by atoms with Gasteiger partial charge in [0.1, 0.15) is 0 Å². The molecule has 1 aromatic rings. The molecule has 0 amide bonds. The predicted molar refractivity (Wildman–Crippen MR) is 67.1 cm³/mol. The summed E-state index contributed by atoms with van der Waals surface area (Å²) in [6.45, 7) is 2.88. The standard InChI is InChI=1S/C13H19N3O/c1-14-7-10-6-11(4-5-15-10)16-8-12-2-3-13(9-16)17-12/h4-6,12-14H,2-3,7-9H2,1H3. The van der Waals surface area contributed by atoms with E-state index in [1.54, 1.807) is 0 Å². The molecule has 1 N–H and O–H groups in total. The number of rotatable bonds is 3. The first kappa shape index (κ1) is 11.0. The second-order valence-electron chi connectivity index (χ2n) is 4.90. The van der Waals surface area contributed by atoms with Crippen LogP contribution in [0.4, 0.5) is 5.69 Å². The topological polar surface area (TPSA) is 37.4 Å². The van der Waals surface area contributed by atoms with Gasteiger partial charge in [-0.15, -0.1) is 0 Å². The molecule has 3 rings (SSSR count). The van der Waals surface area contributed by atoms with Crippen molar-refractivity contribution in [3.8, 4) is 0 Å². The maximum Gasteiger partial charge on any atom is 0.0755 e. The fourth-order valence-corrected chi connectivity index (χ4v) is 2.77. The van der Waals surface area contributed by atoms with E-state index in [0.717, 1.165) is 25.3 Å². The first-order valence-corrected chi connectivity index (χ1v) is 6.35. The van der Waals surface area contributed by atoms with E-state index in [1.807, 2.05) is 13.2 Å². The monoisotopic (exact) mass is 233 g/mol. The normalized spacial score (nSPS) is 27.5. The van der Waals surface area contributed by atoms with Crippen LogP contribution in [0.1, 0.15) is 18.5 Å². The SMILES string of the molecule is CNCc1cc(N2CC3CCC(C2)O3)ccn1. The molecule has 2 aliphatic heterocycles. The first-order chi connectivity index (χ1) is 8.35. The summed E-state index contributed by atoms with van der Waals surface area (Å²) in [6, 6.07) is 4.28. The molecule has 2 atom stereocenters. The highest BCUT2D eigenvalue weighted by atomic mass is 16.5. The van der Waals surface area contributed by atoms with Crippen molar-refractivity contribution in [2.45, 2.75) is 31.6 Å². The Labute approximate surface area is 102 Å². The third kappa shape index (κ3) is 2.28. The quantitative estimate of drug-likeness (QED) is 0.850. The summed E-state index contributed by atoms with van der Waals surface area (Å²) in [5.74, 6) is 0. The van der Waals surface area contributed by atoms with Crippen molar-refractivity contribution in [3.05, 3.63) is 24.0 Å². The number of hydrogen-bond donors (Lipinski definition) is 1. The Bertz CT molecular complexity index is 384. The number of hydrogen-bond acceptors (Lipinski definition) is 4. The zero-order valence-corrected chi connectivity index (χ0v) is 10.2. The molecule has 2 unspecified atom stereocenters. The smallest absolute Gasteiger partial charge is 0.0755 e. The lowest BCUT2D eigenvalue weighted by Crippen LogP contribution is -2.42. The largest absolute Gasteiger partial charge is 0.371 e. The summed E-state index contributed by atoms with van der Waals surface area (Å²) in [5.41, 5.74) is 2.38. The van der Waals surface area contributed by atoms with Crippen LogP contribution in [0.15, 0.2) is 18.3 Å². The van der Waals surface area contributed by atoms with Crippen molar-refractivity contribution in [2.24, 2.45) is 0 Å². The maximum absolute atomic E-state index is 5.86. The summed E-state index contributed by atoms with van der Waals surface area (Å²) in [4.78, 5) is 6.79. The molecule has 0 spiro atoms. The zero-order valence-electron chi connectivity index (χ0n) is 10.2. The van der Waals surface area contributed by atoms with Crippen LogP contribution in [-0.2, 0) is 11.3 Å². The fourth-order valence-electron chi connectivity index (χ4n) is 2.77. The van der Waals surface area contributed by atoms with E-state index in [0.29, 0.717) is 12.2 Å². The van der Waals surface area contributed by atoms with Gasteiger partial charge in [0, 0.05) is 31.5 Å². The van der Waals surface area contributed by atoms with Crippen LogP contribution >= 0.6 is 0 Å². The summed E-state index contributed by atoms with van der Waals surface area (Å²) in [6.07, 6.45) is 5.22. The fraction of sp³-hybridized carbons (Fsp3) is 0.615.